The van der Waals surface area contributed by atoms with Gasteiger partial charge in [-0.1, -0.05) is 6.07 Å². The molecule has 2 rings (SSSR count). The van der Waals surface area contributed by atoms with Gasteiger partial charge in [-0.25, -0.2) is 26.0 Å². The van der Waals surface area contributed by atoms with Crippen LogP contribution in [-0.2, 0) is 10.0 Å². The summed E-state index contributed by atoms with van der Waals surface area (Å²) in [4.78, 5) is -1.38. The molecule has 0 aliphatic rings. The lowest BCUT2D eigenvalue weighted by Gasteiger charge is -2.11. The molecular weight excluding hydrogens is 312 g/mol. The molecule has 0 aliphatic heterocycles. The van der Waals surface area contributed by atoms with Crippen LogP contribution >= 0.6 is 0 Å². The van der Waals surface area contributed by atoms with Crippen molar-refractivity contribution in [3.8, 4) is 0 Å². The van der Waals surface area contributed by atoms with Crippen molar-refractivity contribution in [2.75, 3.05) is 10.5 Å². The third-order valence-electron chi connectivity index (χ3n) is 2.49. The fourth-order valence-corrected chi connectivity index (χ4v) is 2.81. The Labute approximate surface area is 117 Å². The Morgan fingerprint density at radius 2 is 1.38 bits per heavy atom. The first-order chi connectivity index (χ1) is 9.72. The number of nitrogen functional groups attached to an aromatic ring is 1. The van der Waals surface area contributed by atoms with Crippen molar-refractivity contribution >= 4 is 21.4 Å². The van der Waals surface area contributed by atoms with Crippen LogP contribution in [0.25, 0.3) is 0 Å². The second-order valence-corrected chi connectivity index (χ2v) is 5.64. The minimum atomic E-state index is -4.87. The maximum atomic E-state index is 13.6. The summed E-state index contributed by atoms with van der Waals surface area (Å²) in [5.74, 6) is -5.40. The molecule has 112 valence electrons. The smallest absolute Gasteiger partial charge is 0.267 e. The van der Waals surface area contributed by atoms with E-state index < -0.39 is 43.9 Å². The number of rotatable bonds is 3. The van der Waals surface area contributed by atoms with E-state index in [2.05, 4.69) is 0 Å². The van der Waals surface area contributed by atoms with Crippen molar-refractivity contribution in [1.29, 1.82) is 0 Å². The van der Waals surface area contributed by atoms with E-state index >= 15 is 0 Å². The number of benzene rings is 2. The summed E-state index contributed by atoms with van der Waals surface area (Å²) in [5.41, 5.74) is 3.79. The van der Waals surface area contributed by atoms with Gasteiger partial charge in [0.25, 0.3) is 10.0 Å². The number of hydrogen-bond acceptors (Lipinski definition) is 3. The minimum absolute atomic E-state index is 0.332. The third kappa shape index (κ3) is 2.92. The van der Waals surface area contributed by atoms with Gasteiger partial charge < -0.3 is 5.73 Å². The topological polar surface area (TPSA) is 72.2 Å². The molecule has 21 heavy (non-hydrogen) atoms. The van der Waals surface area contributed by atoms with Gasteiger partial charge in [0.1, 0.15) is 29.0 Å². The van der Waals surface area contributed by atoms with Crippen LogP contribution in [-0.4, -0.2) is 8.42 Å². The fraction of sp³-hybridized carbons (Fsp3) is 0. The molecule has 0 saturated carbocycles. The molecule has 0 unspecified atom stereocenters. The highest BCUT2D eigenvalue weighted by atomic mass is 32.2. The van der Waals surface area contributed by atoms with Gasteiger partial charge in [-0.15, -0.1) is 0 Å². The summed E-state index contributed by atoms with van der Waals surface area (Å²) >= 11 is 0. The van der Waals surface area contributed by atoms with Crippen LogP contribution in [0.3, 0.4) is 0 Å². The standard InChI is InChI=1S/C12H8F4N2O2S/c13-7-2-1-3-8(14)11(7)18-21(19,20)12-9(15)4-6(17)5-10(12)16/h1-5,18H,17H2. The Balaban J connectivity index is 2.54. The van der Waals surface area contributed by atoms with Gasteiger partial charge in [-0.05, 0) is 24.3 Å². The summed E-state index contributed by atoms with van der Waals surface area (Å²) in [6.45, 7) is 0. The maximum absolute atomic E-state index is 13.6. The molecule has 0 heterocycles. The molecule has 0 aliphatic carbocycles. The van der Waals surface area contributed by atoms with Crippen molar-refractivity contribution in [1.82, 2.24) is 0 Å². The van der Waals surface area contributed by atoms with Gasteiger partial charge in [0.15, 0.2) is 4.90 Å². The van der Waals surface area contributed by atoms with Crippen molar-refractivity contribution in [3.63, 3.8) is 0 Å². The van der Waals surface area contributed by atoms with Crippen LogP contribution < -0.4 is 10.5 Å². The van der Waals surface area contributed by atoms with Crippen molar-refractivity contribution in [2.45, 2.75) is 4.90 Å². The zero-order valence-corrected chi connectivity index (χ0v) is 11.0. The lowest BCUT2D eigenvalue weighted by atomic mass is 10.3. The Hall–Kier alpha value is -2.29. The molecule has 0 spiro atoms. The van der Waals surface area contributed by atoms with Crippen LogP contribution in [0.4, 0.5) is 28.9 Å². The monoisotopic (exact) mass is 320 g/mol. The SMILES string of the molecule is Nc1cc(F)c(S(=O)(=O)Nc2c(F)cccc2F)c(F)c1. The van der Waals surface area contributed by atoms with E-state index in [-0.39, 0.29) is 5.69 Å². The van der Waals surface area contributed by atoms with Gasteiger partial charge in [-0.2, -0.15) is 0 Å². The lowest BCUT2D eigenvalue weighted by Crippen LogP contribution is -2.18. The van der Waals surface area contributed by atoms with Crippen molar-refractivity contribution in [2.24, 2.45) is 0 Å². The Kier molecular flexibility index (Phi) is 3.77. The predicted octanol–water partition coefficient (Wildman–Crippen LogP) is 2.63. The normalized spacial score (nSPS) is 11.4. The summed E-state index contributed by atoms with van der Waals surface area (Å²) < 4.78 is 79.2. The molecule has 9 heteroatoms. The number of anilines is 2. The molecule has 4 nitrogen and oxygen atoms in total. The molecule has 0 aromatic heterocycles. The average Bonchev–Trinajstić information content (AvgIpc) is 2.32. The van der Waals surface area contributed by atoms with Crippen LogP contribution in [0.15, 0.2) is 35.2 Å². The fourth-order valence-electron chi connectivity index (χ4n) is 1.62. The molecule has 2 aromatic rings. The summed E-state index contributed by atoms with van der Waals surface area (Å²) in [6.07, 6.45) is 0. The first-order valence-electron chi connectivity index (χ1n) is 5.43. The van der Waals surface area contributed by atoms with Crippen molar-refractivity contribution in [3.05, 3.63) is 53.6 Å². The van der Waals surface area contributed by atoms with E-state index in [9.17, 15) is 26.0 Å². The maximum Gasteiger partial charge on any atom is 0.267 e. The summed E-state index contributed by atoms with van der Waals surface area (Å²) in [5, 5.41) is 0. The molecule has 0 fully saturated rings. The Morgan fingerprint density at radius 1 is 0.905 bits per heavy atom. The molecule has 0 amide bonds. The summed E-state index contributed by atoms with van der Waals surface area (Å²) in [7, 11) is -4.87. The molecular formula is C12H8F4N2O2S. The average molecular weight is 320 g/mol. The van der Waals surface area contributed by atoms with E-state index in [4.69, 9.17) is 5.73 Å². The second-order valence-electron chi connectivity index (χ2n) is 4.02. The van der Waals surface area contributed by atoms with E-state index in [1.54, 1.807) is 0 Å². The van der Waals surface area contributed by atoms with Gasteiger partial charge in [-0.3, -0.25) is 4.72 Å². The van der Waals surface area contributed by atoms with Crippen LogP contribution in [0.2, 0.25) is 0 Å². The minimum Gasteiger partial charge on any atom is -0.399 e. The number of para-hydroxylation sites is 1. The van der Waals surface area contributed by atoms with Crippen molar-refractivity contribution < 1.29 is 26.0 Å². The molecule has 2 aromatic carbocycles. The molecule has 3 N–H and O–H groups in total. The van der Waals surface area contributed by atoms with Gasteiger partial charge >= 0.3 is 0 Å². The van der Waals surface area contributed by atoms with E-state index in [0.29, 0.717) is 12.1 Å². The largest absolute Gasteiger partial charge is 0.399 e. The molecule has 0 bridgehead atoms. The number of nitrogens with one attached hydrogen (secondary N) is 1. The van der Waals surface area contributed by atoms with Gasteiger partial charge in [0.2, 0.25) is 0 Å². The number of hydrogen-bond donors (Lipinski definition) is 2. The first kappa shape index (κ1) is 15.1. The van der Waals surface area contributed by atoms with Crippen LogP contribution in [0, 0.1) is 23.3 Å². The zero-order valence-electron chi connectivity index (χ0n) is 10.2. The van der Waals surface area contributed by atoms with Crippen LogP contribution in [0.5, 0.6) is 0 Å². The highest BCUT2D eigenvalue weighted by Crippen LogP contribution is 2.26. The zero-order chi connectivity index (χ0) is 15.8. The molecule has 0 saturated heterocycles. The molecule has 0 radical (unpaired) electrons. The highest BCUT2D eigenvalue weighted by Gasteiger charge is 2.26. The summed E-state index contributed by atoms with van der Waals surface area (Å²) in [6, 6.07) is 3.74. The Bertz CT molecular complexity index is 766. The van der Waals surface area contributed by atoms with E-state index in [1.807, 2.05) is 0 Å². The van der Waals surface area contributed by atoms with E-state index in [0.717, 1.165) is 18.2 Å². The number of halogens is 4. The number of nitrogens with two attached hydrogens (primary N) is 1. The second kappa shape index (κ2) is 5.24. The first-order valence-corrected chi connectivity index (χ1v) is 6.92. The van der Waals surface area contributed by atoms with E-state index in [1.165, 1.54) is 4.72 Å². The Morgan fingerprint density at radius 3 is 1.86 bits per heavy atom. The highest BCUT2D eigenvalue weighted by molar-refractivity contribution is 7.92. The predicted molar refractivity (Wildman–Crippen MR) is 67.9 cm³/mol. The van der Waals surface area contributed by atoms with Gasteiger partial charge in [0, 0.05) is 5.69 Å². The van der Waals surface area contributed by atoms with Gasteiger partial charge in [0.05, 0.1) is 0 Å². The lowest BCUT2D eigenvalue weighted by molar-refractivity contribution is 0.521. The van der Waals surface area contributed by atoms with Crippen LogP contribution in [0.1, 0.15) is 0 Å². The quantitative estimate of drug-likeness (QED) is 0.674. The molecule has 0 atom stereocenters. The number of sulfonamides is 1. The third-order valence-corrected chi connectivity index (χ3v) is 3.89.